The normalized spacial score (nSPS) is 14.3. The summed E-state index contributed by atoms with van der Waals surface area (Å²) in [5.41, 5.74) is 0.255. The van der Waals surface area contributed by atoms with Crippen LogP contribution in [0.4, 0.5) is 0 Å². The number of rotatable bonds is 2. The Bertz CT molecular complexity index is 1120. The van der Waals surface area contributed by atoms with E-state index >= 15 is 0 Å². The quantitative estimate of drug-likeness (QED) is 0.746. The second kappa shape index (κ2) is 6.17. The molecule has 1 aromatic carbocycles. The van der Waals surface area contributed by atoms with Crippen LogP contribution >= 0.6 is 11.6 Å². The number of amides is 1. The van der Waals surface area contributed by atoms with Crippen molar-refractivity contribution < 1.29 is 4.79 Å². The molecule has 2 aromatic heterocycles. The number of likely N-dealkylation sites (tertiary alicyclic amines) is 1. The number of aromatic amines is 1. The van der Waals surface area contributed by atoms with Crippen LogP contribution in [0.3, 0.4) is 0 Å². The van der Waals surface area contributed by atoms with Crippen molar-refractivity contribution in [2.45, 2.75) is 12.8 Å². The number of nitrogens with zero attached hydrogens (tertiary/aromatic N) is 3. The predicted molar refractivity (Wildman–Crippen MR) is 99.3 cm³/mol. The molecule has 1 saturated heterocycles. The Hall–Kier alpha value is -2.80. The molecule has 1 N–H and O–H groups in total. The van der Waals surface area contributed by atoms with E-state index < -0.39 is 11.2 Å². The number of hydrogen-bond acceptors (Lipinski definition) is 3. The highest BCUT2D eigenvalue weighted by atomic mass is 35.5. The molecule has 26 heavy (non-hydrogen) atoms. The molecule has 0 saturated carbocycles. The first-order valence-electron chi connectivity index (χ1n) is 8.37. The van der Waals surface area contributed by atoms with E-state index in [0.29, 0.717) is 29.4 Å². The van der Waals surface area contributed by atoms with Gasteiger partial charge in [0.25, 0.3) is 11.5 Å². The number of aromatic nitrogens is 3. The first kappa shape index (κ1) is 16.7. The lowest BCUT2D eigenvalue weighted by atomic mass is 10.2. The minimum absolute atomic E-state index is 0.160. The highest BCUT2D eigenvalue weighted by Crippen LogP contribution is 2.20. The van der Waals surface area contributed by atoms with Crippen LogP contribution in [0, 0.1) is 0 Å². The summed E-state index contributed by atoms with van der Waals surface area (Å²) < 4.78 is 2.63. The summed E-state index contributed by atoms with van der Waals surface area (Å²) >= 11 is 5.88. The molecule has 0 atom stereocenters. The molecule has 1 amide bonds. The van der Waals surface area contributed by atoms with Crippen molar-refractivity contribution in [1.82, 2.24) is 19.0 Å². The van der Waals surface area contributed by atoms with Crippen molar-refractivity contribution in [3.05, 3.63) is 61.9 Å². The Morgan fingerprint density at radius 2 is 1.77 bits per heavy atom. The molecular weight excluding hydrogens is 356 g/mol. The van der Waals surface area contributed by atoms with Crippen molar-refractivity contribution in [3.8, 4) is 5.69 Å². The molecule has 0 aliphatic carbocycles. The van der Waals surface area contributed by atoms with Gasteiger partial charge >= 0.3 is 5.69 Å². The Balaban J connectivity index is 1.93. The van der Waals surface area contributed by atoms with Gasteiger partial charge in [0, 0.05) is 31.4 Å². The Morgan fingerprint density at radius 1 is 1.12 bits per heavy atom. The third-order valence-corrected chi connectivity index (χ3v) is 4.98. The van der Waals surface area contributed by atoms with Crippen LogP contribution < -0.4 is 11.2 Å². The number of aryl methyl sites for hydroxylation is 1. The number of benzene rings is 1. The number of nitrogens with one attached hydrogen (secondary N) is 1. The van der Waals surface area contributed by atoms with Crippen LogP contribution in [0.25, 0.3) is 16.7 Å². The molecule has 134 valence electrons. The zero-order valence-electron chi connectivity index (χ0n) is 14.2. The monoisotopic (exact) mass is 372 g/mol. The average molecular weight is 373 g/mol. The summed E-state index contributed by atoms with van der Waals surface area (Å²) in [5, 5.41) is 0.511. The van der Waals surface area contributed by atoms with Crippen molar-refractivity contribution in [3.63, 3.8) is 0 Å². The van der Waals surface area contributed by atoms with Gasteiger partial charge < -0.3 is 14.5 Å². The van der Waals surface area contributed by atoms with Crippen molar-refractivity contribution >= 4 is 28.5 Å². The van der Waals surface area contributed by atoms with E-state index in [-0.39, 0.29) is 16.9 Å². The van der Waals surface area contributed by atoms with Gasteiger partial charge in [0.15, 0.2) is 0 Å². The average Bonchev–Trinajstić information content (AvgIpc) is 3.24. The van der Waals surface area contributed by atoms with Crippen LogP contribution in [0.5, 0.6) is 0 Å². The van der Waals surface area contributed by atoms with E-state index in [4.69, 9.17) is 11.6 Å². The van der Waals surface area contributed by atoms with E-state index in [9.17, 15) is 14.4 Å². The van der Waals surface area contributed by atoms with Crippen LogP contribution in [0.1, 0.15) is 23.2 Å². The third-order valence-electron chi connectivity index (χ3n) is 4.73. The number of fused-ring (bicyclic) bond motifs is 1. The molecule has 3 heterocycles. The molecule has 1 aliphatic heterocycles. The Kier molecular flexibility index (Phi) is 3.96. The molecule has 1 aliphatic rings. The number of carbonyl (C=O) groups excluding carboxylic acids is 1. The second-order valence-corrected chi connectivity index (χ2v) is 6.86. The fourth-order valence-corrected chi connectivity index (χ4v) is 3.58. The van der Waals surface area contributed by atoms with Gasteiger partial charge in [0.05, 0.1) is 16.8 Å². The molecule has 1 fully saturated rings. The number of halogens is 1. The first-order valence-corrected chi connectivity index (χ1v) is 8.75. The maximum Gasteiger partial charge on any atom is 0.333 e. The molecule has 0 bridgehead atoms. The van der Waals surface area contributed by atoms with E-state index in [2.05, 4.69) is 4.98 Å². The van der Waals surface area contributed by atoms with Crippen LogP contribution in [-0.2, 0) is 7.05 Å². The van der Waals surface area contributed by atoms with Gasteiger partial charge in [0.2, 0.25) is 0 Å². The molecule has 8 heteroatoms. The first-order chi connectivity index (χ1) is 12.5. The van der Waals surface area contributed by atoms with Crippen molar-refractivity contribution in [2.24, 2.45) is 7.05 Å². The standard InChI is InChI=1S/C18H17ClN4O3/c1-21-10-13(16(24)22-8-2-3-9-22)14-15(21)17(25)23(18(26)20-14)12-6-4-11(19)5-7-12/h4-7,10H,2-3,8-9H2,1H3,(H,20,26). The topological polar surface area (TPSA) is 80.1 Å². The molecular formula is C18H17ClN4O3. The van der Waals surface area contributed by atoms with Gasteiger partial charge in [-0.05, 0) is 37.1 Å². The smallest absolute Gasteiger partial charge is 0.333 e. The summed E-state index contributed by atoms with van der Waals surface area (Å²) in [6.07, 6.45) is 3.54. The van der Waals surface area contributed by atoms with Crippen LogP contribution in [0.15, 0.2) is 40.1 Å². The minimum Gasteiger partial charge on any atom is -0.344 e. The molecule has 3 aromatic rings. The second-order valence-electron chi connectivity index (χ2n) is 6.42. The van der Waals surface area contributed by atoms with Gasteiger partial charge in [-0.3, -0.25) is 9.59 Å². The van der Waals surface area contributed by atoms with Gasteiger partial charge in [0.1, 0.15) is 5.52 Å². The molecule has 0 unspecified atom stereocenters. The summed E-state index contributed by atoms with van der Waals surface area (Å²) in [5.74, 6) is -0.160. The lowest BCUT2D eigenvalue weighted by molar-refractivity contribution is 0.0794. The Labute approximate surface area is 153 Å². The van der Waals surface area contributed by atoms with Crippen molar-refractivity contribution in [1.29, 1.82) is 0 Å². The number of H-pyrrole nitrogens is 1. The fourth-order valence-electron chi connectivity index (χ4n) is 3.45. The van der Waals surface area contributed by atoms with Crippen LogP contribution in [-0.4, -0.2) is 38.0 Å². The van der Waals surface area contributed by atoms with Gasteiger partial charge in [-0.1, -0.05) is 11.6 Å². The molecule has 0 spiro atoms. The van der Waals surface area contributed by atoms with E-state index in [0.717, 1.165) is 17.4 Å². The van der Waals surface area contributed by atoms with E-state index in [1.807, 2.05) is 0 Å². The lowest BCUT2D eigenvalue weighted by Crippen LogP contribution is -2.34. The van der Waals surface area contributed by atoms with Crippen LogP contribution in [0.2, 0.25) is 5.02 Å². The maximum atomic E-state index is 13.0. The fraction of sp³-hybridized carbons (Fsp3) is 0.278. The summed E-state index contributed by atoms with van der Waals surface area (Å²) in [4.78, 5) is 42.8. The van der Waals surface area contributed by atoms with Crippen molar-refractivity contribution in [2.75, 3.05) is 13.1 Å². The zero-order valence-corrected chi connectivity index (χ0v) is 14.9. The summed E-state index contributed by atoms with van der Waals surface area (Å²) in [6.45, 7) is 1.39. The van der Waals surface area contributed by atoms with E-state index in [1.165, 1.54) is 0 Å². The van der Waals surface area contributed by atoms with Gasteiger partial charge in [-0.2, -0.15) is 0 Å². The van der Waals surface area contributed by atoms with E-state index in [1.54, 1.807) is 47.0 Å². The largest absolute Gasteiger partial charge is 0.344 e. The molecule has 4 rings (SSSR count). The highest BCUT2D eigenvalue weighted by molar-refractivity contribution is 6.30. The predicted octanol–water partition coefficient (Wildman–Crippen LogP) is 1.91. The van der Waals surface area contributed by atoms with Gasteiger partial charge in [-0.15, -0.1) is 0 Å². The molecule has 7 nitrogen and oxygen atoms in total. The zero-order chi connectivity index (χ0) is 18.4. The molecule has 0 radical (unpaired) electrons. The maximum absolute atomic E-state index is 13.0. The minimum atomic E-state index is -0.591. The number of carbonyl (C=O) groups is 1. The summed E-state index contributed by atoms with van der Waals surface area (Å²) in [6, 6.07) is 6.43. The van der Waals surface area contributed by atoms with Gasteiger partial charge in [-0.25, -0.2) is 9.36 Å². The number of hydrogen-bond donors (Lipinski definition) is 1. The third kappa shape index (κ3) is 2.55. The summed E-state index contributed by atoms with van der Waals surface area (Å²) in [7, 11) is 1.69. The lowest BCUT2D eigenvalue weighted by Gasteiger charge is -2.14. The SMILES string of the molecule is Cn1cc(C(=O)N2CCCC2)c2[nH]c(=O)n(-c3ccc(Cl)cc3)c(=O)c21. The highest BCUT2D eigenvalue weighted by Gasteiger charge is 2.25. The Morgan fingerprint density at radius 3 is 2.42 bits per heavy atom.